The molecule has 0 aromatic carbocycles. The second-order valence-electron chi connectivity index (χ2n) is 7.51. The second-order valence-corrected chi connectivity index (χ2v) is 7.51. The highest BCUT2D eigenvalue weighted by atomic mass is 16.3. The first-order valence-corrected chi connectivity index (χ1v) is 8.24. The Morgan fingerprint density at radius 3 is 2.20 bits per heavy atom. The average molecular weight is 280 g/mol. The van der Waals surface area contributed by atoms with Crippen molar-refractivity contribution >= 4 is 5.91 Å². The van der Waals surface area contributed by atoms with Crippen molar-refractivity contribution < 1.29 is 9.90 Å². The minimum atomic E-state index is -0.325. The summed E-state index contributed by atoms with van der Waals surface area (Å²) in [5.41, 5.74) is -0.0287. The van der Waals surface area contributed by atoms with E-state index < -0.39 is 0 Å². The molecule has 20 heavy (non-hydrogen) atoms. The van der Waals surface area contributed by atoms with E-state index in [0.717, 1.165) is 43.6 Å². The maximum atomic E-state index is 12.6. The van der Waals surface area contributed by atoms with Crippen LogP contribution in [0.4, 0.5) is 0 Å². The number of hydrogen-bond acceptors (Lipinski definition) is 3. The monoisotopic (exact) mass is 280 g/mol. The fraction of sp³-hybridized carbons (Fsp3) is 0.938. The molecule has 0 aliphatic heterocycles. The van der Waals surface area contributed by atoms with Crippen molar-refractivity contribution in [2.75, 3.05) is 19.6 Å². The molecule has 1 atom stereocenters. The van der Waals surface area contributed by atoms with Gasteiger partial charge in [-0.05, 0) is 63.2 Å². The molecule has 114 valence electrons. The fourth-order valence-corrected chi connectivity index (χ4v) is 5.15. The third-order valence-electron chi connectivity index (χ3n) is 5.55. The lowest BCUT2D eigenvalue weighted by Crippen LogP contribution is -2.54. The summed E-state index contributed by atoms with van der Waals surface area (Å²) in [7, 11) is 0. The number of carbonyl (C=O) groups excluding carboxylic acids is 1. The Labute approximate surface area is 121 Å². The van der Waals surface area contributed by atoms with Gasteiger partial charge in [-0.1, -0.05) is 0 Å². The van der Waals surface area contributed by atoms with Gasteiger partial charge in [-0.2, -0.15) is 0 Å². The molecule has 0 aromatic heterocycles. The highest BCUT2D eigenvalue weighted by Crippen LogP contribution is 2.60. The number of amides is 1. The van der Waals surface area contributed by atoms with Crippen molar-refractivity contribution in [2.45, 2.75) is 51.6 Å². The quantitative estimate of drug-likeness (QED) is 0.643. The zero-order valence-electron chi connectivity index (χ0n) is 12.5. The summed E-state index contributed by atoms with van der Waals surface area (Å²) in [5, 5.41) is 15.4. The number of carbonyl (C=O) groups is 1. The van der Waals surface area contributed by atoms with Crippen LogP contribution in [-0.4, -0.2) is 36.8 Å². The van der Waals surface area contributed by atoms with Crippen molar-refractivity contribution in [1.82, 2.24) is 10.6 Å². The molecule has 4 rings (SSSR count). The summed E-state index contributed by atoms with van der Waals surface area (Å²) < 4.78 is 0. The zero-order valence-corrected chi connectivity index (χ0v) is 12.5. The summed E-state index contributed by atoms with van der Waals surface area (Å²) in [6.07, 6.45) is 7.20. The molecule has 4 saturated carbocycles. The van der Waals surface area contributed by atoms with Crippen LogP contribution in [0.1, 0.15) is 45.4 Å². The van der Waals surface area contributed by atoms with Crippen LogP contribution < -0.4 is 10.6 Å². The average Bonchev–Trinajstić information content (AvgIpc) is 2.36. The van der Waals surface area contributed by atoms with Gasteiger partial charge in [0, 0.05) is 25.0 Å². The van der Waals surface area contributed by atoms with Crippen LogP contribution in [0.15, 0.2) is 0 Å². The highest BCUT2D eigenvalue weighted by Gasteiger charge is 2.54. The van der Waals surface area contributed by atoms with Crippen LogP contribution in [0, 0.1) is 23.2 Å². The van der Waals surface area contributed by atoms with E-state index in [-0.39, 0.29) is 11.5 Å². The van der Waals surface area contributed by atoms with Crippen LogP contribution in [0.25, 0.3) is 0 Å². The van der Waals surface area contributed by atoms with Crippen molar-refractivity contribution in [3.8, 4) is 0 Å². The fourth-order valence-electron chi connectivity index (χ4n) is 5.15. The van der Waals surface area contributed by atoms with Crippen molar-refractivity contribution in [3.05, 3.63) is 0 Å². The van der Waals surface area contributed by atoms with Crippen LogP contribution >= 0.6 is 0 Å². The Morgan fingerprint density at radius 1 is 1.15 bits per heavy atom. The standard InChI is InChI=1S/C16H28N2O2/c1-11(19)10-17-2-3-18-15(20)16-7-12-4-13(8-16)6-14(5-12)9-16/h11-14,17,19H,2-10H2,1H3,(H,18,20). The minimum absolute atomic E-state index is 0.0287. The summed E-state index contributed by atoms with van der Waals surface area (Å²) in [6, 6.07) is 0. The van der Waals surface area contributed by atoms with E-state index in [1.807, 2.05) is 0 Å². The van der Waals surface area contributed by atoms with Crippen LogP contribution in [0.5, 0.6) is 0 Å². The summed E-state index contributed by atoms with van der Waals surface area (Å²) in [6.45, 7) is 3.77. The Balaban J connectivity index is 1.47. The molecule has 0 spiro atoms. The lowest BCUT2D eigenvalue weighted by atomic mass is 9.49. The molecule has 0 radical (unpaired) electrons. The molecule has 4 bridgehead atoms. The first kappa shape index (κ1) is 14.3. The molecule has 1 amide bonds. The molecule has 0 aromatic rings. The Bertz CT molecular complexity index is 332. The number of hydrogen-bond donors (Lipinski definition) is 3. The molecule has 1 unspecified atom stereocenters. The Kier molecular flexibility index (Phi) is 4.04. The Morgan fingerprint density at radius 2 is 1.70 bits per heavy atom. The van der Waals surface area contributed by atoms with Gasteiger partial charge in [0.2, 0.25) is 5.91 Å². The van der Waals surface area contributed by atoms with E-state index in [1.165, 1.54) is 19.3 Å². The van der Waals surface area contributed by atoms with Crippen LogP contribution in [0.2, 0.25) is 0 Å². The van der Waals surface area contributed by atoms with Gasteiger partial charge in [0.05, 0.1) is 6.10 Å². The summed E-state index contributed by atoms with van der Waals surface area (Å²) >= 11 is 0. The number of aliphatic hydroxyl groups is 1. The molecule has 0 heterocycles. The highest BCUT2D eigenvalue weighted by molar-refractivity contribution is 5.83. The number of nitrogens with one attached hydrogen (secondary N) is 2. The maximum absolute atomic E-state index is 12.6. The van der Waals surface area contributed by atoms with Gasteiger partial charge in [-0.3, -0.25) is 4.79 Å². The van der Waals surface area contributed by atoms with Gasteiger partial charge >= 0.3 is 0 Å². The smallest absolute Gasteiger partial charge is 0.226 e. The number of aliphatic hydroxyl groups excluding tert-OH is 1. The van der Waals surface area contributed by atoms with Gasteiger partial charge < -0.3 is 15.7 Å². The molecule has 3 N–H and O–H groups in total. The molecular formula is C16H28N2O2. The minimum Gasteiger partial charge on any atom is -0.392 e. The van der Waals surface area contributed by atoms with E-state index in [4.69, 9.17) is 5.11 Å². The molecule has 4 heteroatoms. The number of rotatable bonds is 6. The van der Waals surface area contributed by atoms with Crippen LogP contribution in [0.3, 0.4) is 0 Å². The molecule has 4 aliphatic carbocycles. The van der Waals surface area contributed by atoms with Crippen molar-refractivity contribution in [3.63, 3.8) is 0 Å². The van der Waals surface area contributed by atoms with E-state index in [1.54, 1.807) is 6.92 Å². The molecule has 4 nitrogen and oxygen atoms in total. The van der Waals surface area contributed by atoms with E-state index in [0.29, 0.717) is 19.0 Å². The van der Waals surface area contributed by atoms with Gasteiger partial charge in [0.15, 0.2) is 0 Å². The molecule has 4 aliphatic rings. The maximum Gasteiger partial charge on any atom is 0.226 e. The summed E-state index contributed by atoms with van der Waals surface area (Å²) in [5.74, 6) is 2.76. The van der Waals surface area contributed by atoms with E-state index >= 15 is 0 Å². The largest absolute Gasteiger partial charge is 0.392 e. The lowest BCUT2D eigenvalue weighted by Gasteiger charge is -2.55. The van der Waals surface area contributed by atoms with Crippen molar-refractivity contribution in [1.29, 1.82) is 0 Å². The van der Waals surface area contributed by atoms with Gasteiger partial charge in [-0.15, -0.1) is 0 Å². The lowest BCUT2D eigenvalue weighted by molar-refractivity contribution is -0.146. The topological polar surface area (TPSA) is 61.4 Å². The normalized spacial score (nSPS) is 39.8. The van der Waals surface area contributed by atoms with Gasteiger partial charge in [-0.25, -0.2) is 0 Å². The summed E-state index contributed by atoms with van der Waals surface area (Å²) in [4.78, 5) is 12.6. The first-order valence-electron chi connectivity index (χ1n) is 8.24. The predicted octanol–water partition coefficient (Wildman–Crippen LogP) is 1.29. The first-order chi connectivity index (χ1) is 9.57. The second kappa shape index (κ2) is 5.64. The molecular weight excluding hydrogens is 252 g/mol. The van der Waals surface area contributed by atoms with Crippen molar-refractivity contribution in [2.24, 2.45) is 23.2 Å². The van der Waals surface area contributed by atoms with Crippen LogP contribution in [-0.2, 0) is 4.79 Å². The van der Waals surface area contributed by atoms with Gasteiger partial charge in [0.25, 0.3) is 0 Å². The molecule has 0 saturated heterocycles. The van der Waals surface area contributed by atoms with E-state index in [9.17, 15) is 4.79 Å². The Hall–Kier alpha value is -0.610. The van der Waals surface area contributed by atoms with Gasteiger partial charge in [0.1, 0.15) is 0 Å². The predicted molar refractivity (Wildman–Crippen MR) is 78.2 cm³/mol. The third-order valence-corrected chi connectivity index (χ3v) is 5.55. The van der Waals surface area contributed by atoms with E-state index in [2.05, 4.69) is 10.6 Å². The molecule has 4 fully saturated rings. The zero-order chi connectivity index (χ0) is 14.2. The SMILES string of the molecule is CC(O)CNCCNC(=O)C12CC3CC(CC(C3)C1)C2. The third kappa shape index (κ3) is 2.86.